The number of hydrogen-bond acceptors (Lipinski definition) is 3. The Balaban J connectivity index is 2.45. The molecule has 3 unspecified atom stereocenters. The van der Waals surface area contributed by atoms with Crippen LogP contribution < -0.4 is 11.1 Å². The molecule has 3 atom stereocenters. The highest BCUT2D eigenvalue weighted by atomic mass is 16.4. The van der Waals surface area contributed by atoms with Gasteiger partial charge in [0.1, 0.15) is 0 Å². The van der Waals surface area contributed by atoms with Crippen LogP contribution in [0.1, 0.15) is 39.0 Å². The summed E-state index contributed by atoms with van der Waals surface area (Å²) in [5, 5.41) is 11.8. The molecule has 108 valence electrons. The molecule has 6 heteroatoms. The van der Waals surface area contributed by atoms with Crippen molar-refractivity contribution >= 4 is 17.8 Å². The Morgan fingerprint density at radius 3 is 2.42 bits per heavy atom. The zero-order valence-electron chi connectivity index (χ0n) is 11.2. The number of nitrogens with two attached hydrogens (primary N) is 1. The third-order valence-electron chi connectivity index (χ3n) is 3.79. The molecule has 1 rings (SSSR count). The second-order valence-corrected chi connectivity index (χ2v) is 5.16. The average molecular weight is 270 g/mol. The Morgan fingerprint density at radius 1 is 1.26 bits per heavy atom. The SMILES string of the molecule is CCC1CC(C(=O)O)C(C(=O)NCCCC(N)=O)C1. The predicted octanol–water partition coefficient (Wildman–Crippen LogP) is 0.505. The van der Waals surface area contributed by atoms with E-state index in [1.165, 1.54) is 0 Å². The molecular formula is C13H22N2O4. The number of rotatable bonds is 7. The van der Waals surface area contributed by atoms with E-state index in [-0.39, 0.29) is 12.3 Å². The summed E-state index contributed by atoms with van der Waals surface area (Å²) in [6, 6.07) is 0. The second kappa shape index (κ2) is 7.11. The Kier molecular flexibility index (Phi) is 5.79. The van der Waals surface area contributed by atoms with Crippen LogP contribution in [0.2, 0.25) is 0 Å². The van der Waals surface area contributed by atoms with Gasteiger partial charge in [0.15, 0.2) is 0 Å². The number of aliphatic carboxylic acids is 1. The molecule has 6 nitrogen and oxygen atoms in total. The third-order valence-corrected chi connectivity index (χ3v) is 3.79. The molecular weight excluding hydrogens is 248 g/mol. The number of hydrogen-bond donors (Lipinski definition) is 3. The van der Waals surface area contributed by atoms with Gasteiger partial charge in [0.05, 0.1) is 11.8 Å². The number of primary amides is 1. The van der Waals surface area contributed by atoms with Crippen LogP contribution in [0.25, 0.3) is 0 Å². The minimum atomic E-state index is -0.895. The fourth-order valence-corrected chi connectivity index (χ4v) is 2.64. The highest BCUT2D eigenvalue weighted by molar-refractivity contribution is 5.85. The maximum atomic E-state index is 12.0. The Labute approximate surface area is 112 Å². The minimum Gasteiger partial charge on any atom is -0.481 e. The summed E-state index contributed by atoms with van der Waals surface area (Å²) < 4.78 is 0. The zero-order valence-corrected chi connectivity index (χ0v) is 11.2. The molecule has 0 saturated heterocycles. The lowest BCUT2D eigenvalue weighted by atomic mass is 9.95. The van der Waals surface area contributed by atoms with Gasteiger partial charge in [0.2, 0.25) is 11.8 Å². The first kappa shape index (κ1) is 15.5. The lowest BCUT2D eigenvalue weighted by Crippen LogP contribution is -2.36. The van der Waals surface area contributed by atoms with Crippen molar-refractivity contribution in [2.24, 2.45) is 23.5 Å². The molecule has 0 bridgehead atoms. The second-order valence-electron chi connectivity index (χ2n) is 5.16. The number of carboxylic acids is 1. The molecule has 0 aromatic carbocycles. The Morgan fingerprint density at radius 2 is 1.89 bits per heavy atom. The van der Waals surface area contributed by atoms with E-state index in [9.17, 15) is 14.4 Å². The lowest BCUT2D eigenvalue weighted by molar-refractivity contribution is -0.146. The van der Waals surface area contributed by atoms with Gasteiger partial charge in [-0.3, -0.25) is 14.4 Å². The maximum absolute atomic E-state index is 12.0. The van der Waals surface area contributed by atoms with Crippen LogP contribution >= 0.6 is 0 Å². The van der Waals surface area contributed by atoms with E-state index in [1.54, 1.807) is 0 Å². The monoisotopic (exact) mass is 270 g/mol. The van der Waals surface area contributed by atoms with E-state index in [4.69, 9.17) is 10.8 Å². The number of nitrogens with one attached hydrogen (secondary N) is 1. The molecule has 0 aliphatic heterocycles. The summed E-state index contributed by atoms with van der Waals surface area (Å²) in [6.45, 7) is 2.37. The number of carboxylic acid groups (broad SMARTS) is 1. The molecule has 1 aliphatic rings. The summed E-state index contributed by atoms with van der Waals surface area (Å²) in [5.41, 5.74) is 5.00. The first-order valence-corrected chi connectivity index (χ1v) is 6.74. The molecule has 4 N–H and O–H groups in total. The summed E-state index contributed by atoms with van der Waals surface area (Å²) >= 11 is 0. The predicted molar refractivity (Wildman–Crippen MR) is 69.1 cm³/mol. The summed E-state index contributed by atoms with van der Waals surface area (Å²) in [4.78, 5) is 33.7. The van der Waals surface area contributed by atoms with E-state index >= 15 is 0 Å². The molecule has 0 aromatic heterocycles. The average Bonchev–Trinajstić information content (AvgIpc) is 2.78. The highest BCUT2D eigenvalue weighted by Crippen LogP contribution is 2.38. The van der Waals surface area contributed by atoms with Crippen molar-refractivity contribution in [1.29, 1.82) is 0 Å². The summed E-state index contributed by atoms with van der Waals surface area (Å²) in [5.74, 6) is -2.23. The topological polar surface area (TPSA) is 109 Å². The zero-order chi connectivity index (χ0) is 14.4. The molecule has 19 heavy (non-hydrogen) atoms. The van der Waals surface area contributed by atoms with Gasteiger partial charge in [0, 0.05) is 13.0 Å². The molecule has 0 aromatic rings. The van der Waals surface area contributed by atoms with Gasteiger partial charge in [-0.1, -0.05) is 13.3 Å². The van der Waals surface area contributed by atoms with Crippen molar-refractivity contribution in [3.05, 3.63) is 0 Å². The summed E-state index contributed by atoms with van der Waals surface area (Å²) in [6.07, 6.45) is 2.82. The van der Waals surface area contributed by atoms with Crippen LogP contribution in [0.3, 0.4) is 0 Å². The third kappa shape index (κ3) is 4.54. The van der Waals surface area contributed by atoms with E-state index < -0.39 is 23.7 Å². The Hall–Kier alpha value is -1.59. The molecule has 0 radical (unpaired) electrons. The van der Waals surface area contributed by atoms with E-state index in [2.05, 4.69) is 5.32 Å². The molecule has 1 fully saturated rings. The molecule has 0 spiro atoms. The fourth-order valence-electron chi connectivity index (χ4n) is 2.64. The van der Waals surface area contributed by atoms with Crippen LogP contribution in [0.4, 0.5) is 0 Å². The van der Waals surface area contributed by atoms with Gasteiger partial charge in [-0.2, -0.15) is 0 Å². The number of carbonyl (C=O) groups is 3. The van der Waals surface area contributed by atoms with Crippen molar-refractivity contribution in [2.75, 3.05) is 6.54 Å². The molecule has 0 heterocycles. The van der Waals surface area contributed by atoms with Crippen molar-refractivity contribution in [2.45, 2.75) is 39.0 Å². The van der Waals surface area contributed by atoms with Crippen LogP contribution in [0.15, 0.2) is 0 Å². The Bertz CT molecular complexity index is 357. The van der Waals surface area contributed by atoms with E-state index in [1.807, 2.05) is 6.92 Å². The normalized spacial score (nSPS) is 26.1. The van der Waals surface area contributed by atoms with E-state index in [0.717, 1.165) is 6.42 Å². The van der Waals surface area contributed by atoms with Crippen molar-refractivity contribution in [1.82, 2.24) is 5.32 Å². The highest BCUT2D eigenvalue weighted by Gasteiger charge is 2.41. The smallest absolute Gasteiger partial charge is 0.307 e. The molecule has 2 amide bonds. The number of carbonyl (C=O) groups excluding carboxylic acids is 2. The van der Waals surface area contributed by atoms with Gasteiger partial charge < -0.3 is 16.2 Å². The van der Waals surface area contributed by atoms with Gasteiger partial charge in [0.25, 0.3) is 0 Å². The fraction of sp³-hybridized carbons (Fsp3) is 0.769. The van der Waals surface area contributed by atoms with Crippen LogP contribution in [0.5, 0.6) is 0 Å². The molecule has 1 aliphatic carbocycles. The molecule has 1 saturated carbocycles. The maximum Gasteiger partial charge on any atom is 0.307 e. The van der Waals surface area contributed by atoms with Crippen LogP contribution in [0, 0.1) is 17.8 Å². The standard InChI is InChI=1S/C13H22N2O4/c1-2-8-6-9(10(7-8)13(18)19)12(17)15-5-3-4-11(14)16/h8-10H,2-7H2,1H3,(H2,14,16)(H,15,17)(H,18,19). The van der Waals surface area contributed by atoms with Gasteiger partial charge in [-0.25, -0.2) is 0 Å². The lowest BCUT2D eigenvalue weighted by Gasteiger charge is -2.15. The number of amides is 2. The van der Waals surface area contributed by atoms with Crippen molar-refractivity contribution < 1.29 is 19.5 Å². The van der Waals surface area contributed by atoms with Crippen molar-refractivity contribution in [3.8, 4) is 0 Å². The van der Waals surface area contributed by atoms with Crippen LogP contribution in [-0.4, -0.2) is 29.4 Å². The first-order valence-electron chi connectivity index (χ1n) is 6.74. The van der Waals surface area contributed by atoms with Gasteiger partial charge in [-0.15, -0.1) is 0 Å². The quantitative estimate of drug-likeness (QED) is 0.585. The minimum absolute atomic E-state index is 0.215. The summed E-state index contributed by atoms with van der Waals surface area (Å²) in [7, 11) is 0. The largest absolute Gasteiger partial charge is 0.481 e. The van der Waals surface area contributed by atoms with Gasteiger partial charge >= 0.3 is 5.97 Å². The first-order chi connectivity index (χ1) is 8.95. The van der Waals surface area contributed by atoms with E-state index in [0.29, 0.717) is 31.7 Å². The van der Waals surface area contributed by atoms with Crippen LogP contribution in [-0.2, 0) is 14.4 Å². The van der Waals surface area contributed by atoms with Gasteiger partial charge in [-0.05, 0) is 25.2 Å². The van der Waals surface area contributed by atoms with Crippen molar-refractivity contribution in [3.63, 3.8) is 0 Å².